The summed E-state index contributed by atoms with van der Waals surface area (Å²) in [5.41, 5.74) is 0.559. The Morgan fingerprint density at radius 3 is 2.64 bits per heavy atom. The predicted molar refractivity (Wildman–Crippen MR) is 45.8 cm³/mol. The maximum Gasteiger partial charge on any atom is 0.484 e. The van der Waals surface area contributed by atoms with Gasteiger partial charge in [0.05, 0.1) is 10.3 Å². The molecule has 2 rings (SSSR count). The van der Waals surface area contributed by atoms with Crippen LogP contribution in [-0.2, 0) is 0 Å². The summed E-state index contributed by atoms with van der Waals surface area (Å²) in [6.07, 6.45) is 0. The first-order chi connectivity index (χ1) is 6.79. The van der Waals surface area contributed by atoms with Gasteiger partial charge in [0.1, 0.15) is 5.69 Å². The first-order valence-corrected chi connectivity index (χ1v) is 3.77. The van der Waals surface area contributed by atoms with Gasteiger partial charge in [0.15, 0.2) is 0 Å². The van der Waals surface area contributed by atoms with Gasteiger partial charge in [0.2, 0.25) is 0 Å². The minimum Gasteiger partial charge on any atom is -0.390 e. The van der Waals surface area contributed by atoms with Crippen molar-refractivity contribution in [3.8, 4) is 5.69 Å². The van der Waals surface area contributed by atoms with Crippen molar-refractivity contribution in [1.82, 2.24) is 20.2 Å². The molecule has 0 fully saturated rings. The maximum absolute atomic E-state index is 10.5. The zero-order valence-electron chi connectivity index (χ0n) is 6.94. The van der Waals surface area contributed by atoms with E-state index in [-0.39, 0.29) is 0 Å². The maximum atomic E-state index is 10.5. The number of hydrogen-bond acceptors (Lipinski definition) is 5. The van der Waals surface area contributed by atoms with Crippen molar-refractivity contribution in [1.29, 1.82) is 0 Å². The van der Waals surface area contributed by atoms with E-state index in [9.17, 15) is 10.1 Å². The molecule has 1 aromatic heterocycles. The first kappa shape index (κ1) is 8.30. The van der Waals surface area contributed by atoms with Crippen LogP contribution < -0.4 is 0 Å². The van der Waals surface area contributed by atoms with Crippen LogP contribution >= 0.6 is 0 Å². The van der Waals surface area contributed by atoms with E-state index in [1.54, 1.807) is 30.3 Å². The third-order valence-corrected chi connectivity index (χ3v) is 1.62. The molecule has 14 heavy (non-hydrogen) atoms. The number of rotatable bonds is 2. The van der Waals surface area contributed by atoms with Gasteiger partial charge >= 0.3 is 5.95 Å². The van der Waals surface area contributed by atoms with Crippen LogP contribution in [0.25, 0.3) is 5.69 Å². The van der Waals surface area contributed by atoms with E-state index < -0.39 is 10.9 Å². The molecule has 0 unspecified atom stereocenters. The normalized spacial score (nSPS) is 10.0. The van der Waals surface area contributed by atoms with Crippen molar-refractivity contribution in [2.75, 3.05) is 0 Å². The van der Waals surface area contributed by atoms with E-state index in [1.807, 2.05) is 0 Å². The van der Waals surface area contributed by atoms with E-state index in [2.05, 4.69) is 15.5 Å². The molecule has 0 atom stereocenters. The third-order valence-electron chi connectivity index (χ3n) is 1.62. The Bertz CT molecular complexity index is 452. The van der Waals surface area contributed by atoms with Crippen LogP contribution in [0, 0.1) is 10.1 Å². The number of nitro groups is 1. The number of aromatic nitrogens is 4. The molecule has 70 valence electrons. The molecule has 0 radical (unpaired) electrons. The van der Waals surface area contributed by atoms with Crippen LogP contribution in [0.4, 0.5) is 5.95 Å². The fourth-order valence-electron chi connectivity index (χ4n) is 1.03. The van der Waals surface area contributed by atoms with Gasteiger partial charge in [-0.15, -0.1) is 0 Å². The van der Waals surface area contributed by atoms with E-state index >= 15 is 0 Å². The number of hydrogen-bond donors (Lipinski definition) is 0. The number of tetrazole rings is 1. The molecule has 0 saturated heterocycles. The topological polar surface area (TPSA) is 86.7 Å². The summed E-state index contributed by atoms with van der Waals surface area (Å²) < 4.78 is 1.07. The van der Waals surface area contributed by atoms with Gasteiger partial charge in [-0.3, -0.25) is 0 Å². The highest BCUT2D eigenvalue weighted by atomic mass is 16.6. The average Bonchev–Trinajstić information content (AvgIpc) is 2.67. The molecule has 0 saturated carbocycles. The van der Waals surface area contributed by atoms with Crippen LogP contribution in [0.5, 0.6) is 0 Å². The molecule has 0 spiro atoms. The molecule has 0 aliphatic carbocycles. The summed E-state index contributed by atoms with van der Waals surface area (Å²) in [4.78, 5) is 9.87. The number of para-hydroxylation sites is 1. The number of nitrogens with zero attached hydrogens (tertiary/aromatic N) is 5. The Hall–Kier alpha value is -2.31. The molecule has 0 N–H and O–H groups in total. The quantitative estimate of drug-likeness (QED) is 0.511. The van der Waals surface area contributed by atoms with Crippen LogP contribution in [0.2, 0.25) is 0 Å². The van der Waals surface area contributed by atoms with Gasteiger partial charge in [-0.05, 0) is 17.1 Å². The molecule has 2 aromatic rings. The van der Waals surface area contributed by atoms with Gasteiger partial charge in [-0.25, -0.2) is 0 Å². The van der Waals surface area contributed by atoms with Gasteiger partial charge in [-0.2, -0.15) is 0 Å². The molecule has 0 bridgehead atoms. The lowest BCUT2D eigenvalue weighted by atomic mass is 10.3. The molecule has 1 heterocycles. The lowest BCUT2D eigenvalue weighted by molar-refractivity contribution is -0.396. The van der Waals surface area contributed by atoms with Crippen molar-refractivity contribution >= 4 is 5.95 Å². The Kier molecular flexibility index (Phi) is 1.90. The molecule has 7 heteroatoms. The summed E-state index contributed by atoms with van der Waals surface area (Å²) in [7, 11) is 0. The SMILES string of the molecule is O=[N+]([O-])c1nnnn1-c1ccccc1. The molecular formula is C7H5N5O2. The lowest BCUT2D eigenvalue weighted by Gasteiger charge is -1.95. The zero-order chi connectivity index (χ0) is 9.97. The van der Waals surface area contributed by atoms with Gasteiger partial charge in [-0.1, -0.05) is 22.9 Å². The van der Waals surface area contributed by atoms with E-state index in [0.29, 0.717) is 5.69 Å². The fraction of sp³-hybridized carbons (Fsp3) is 0. The second-order valence-corrected chi connectivity index (χ2v) is 2.48. The van der Waals surface area contributed by atoms with Gasteiger partial charge < -0.3 is 10.1 Å². The average molecular weight is 191 g/mol. The second kappa shape index (κ2) is 3.21. The van der Waals surface area contributed by atoms with Gasteiger partial charge in [0.25, 0.3) is 0 Å². The highest BCUT2D eigenvalue weighted by Gasteiger charge is 2.19. The highest BCUT2D eigenvalue weighted by Crippen LogP contribution is 2.11. The lowest BCUT2D eigenvalue weighted by Crippen LogP contribution is -2.02. The van der Waals surface area contributed by atoms with Crippen molar-refractivity contribution in [2.24, 2.45) is 0 Å². The highest BCUT2D eigenvalue weighted by molar-refractivity contribution is 5.33. The van der Waals surface area contributed by atoms with Crippen LogP contribution in [0.15, 0.2) is 30.3 Å². The van der Waals surface area contributed by atoms with Crippen molar-refractivity contribution in [3.05, 3.63) is 40.4 Å². The minimum atomic E-state index is -0.632. The summed E-state index contributed by atoms with van der Waals surface area (Å²) in [6, 6.07) is 8.67. The summed E-state index contributed by atoms with van der Waals surface area (Å²) in [5, 5.41) is 20.6. The molecule has 0 aliphatic heterocycles. The zero-order valence-corrected chi connectivity index (χ0v) is 6.94. The Morgan fingerprint density at radius 2 is 2.00 bits per heavy atom. The molecule has 0 aliphatic rings. The Labute approximate surface area is 78.1 Å². The first-order valence-electron chi connectivity index (χ1n) is 3.77. The molecule has 7 nitrogen and oxygen atoms in total. The van der Waals surface area contributed by atoms with Crippen LogP contribution in [0.3, 0.4) is 0 Å². The molecular weight excluding hydrogens is 186 g/mol. The van der Waals surface area contributed by atoms with Crippen molar-refractivity contribution in [3.63, 3.8) is 0 Å². The number of benzene rings is 1. The second-order valence-electron chi connectivity index (χ2n) is 2.48. The summed E-state index contributed by atoms with van der Waals surface area (Å²) in [5.74, 6) is -0.392. The molecule has 0 amide bonds. The fourth-order valence-corrected chi connectivity index (χ4v) is 1.03. The van der Waals surface area contributed by atoms with Crippen molar-refractivity contribution in [2.45, 2.75) is 0 Å². The predicted octanol–water partition coefficient (Wildman–Crippen LogP) is 0.570. The summed E-state index contributed by atoms with van der Waals surface area (Å²) >= 11 is 0. The van der Waals surface area contributed by atoms with E-state index in [4.69, 9.17) is 0 Å². The van der Waals surface area contributed by atoms with E-state index in [1.165, 1.54) is 0 Å². The van der Waals surface area contributed by atoms with Crippen molar-refractivity contribution < 1.29 is 4.92 Å². The smallest absolute Gasteiger partial charge is 0.390 e. The summed E-state index contributed by atoms with van der Waals surface area (Å²) in [6.45, 7) is 0. The van der Waals surface area contributed by atoms with Crippen LogP contribution in [0.1, 0.15) is 0 Å². The monoisotopic (exact) mass is 191 g/mol. The third kappa shape index (κ3) is 1.30. The van der Waals surface area contributed by atoms with Crippen LogP contribution in [-0.4, -0.2) is 25.1 Å². The standard InChI is InChI=1S/C7H5N5O2/c13-12(14)7-8-9-10-11(7)6-4-2-1-3-5-6/h1-5H. The molecule has 1 aromatic carbocycles. The largest absolute Gasteiger partial charge is 0.484 e. The van der Waals surface area contributed by atoms with E-state index in [0.717, 1.165) is 4.68 Å². The Balaban J connectivity index is 2.52. The Morgan fingerprint density at radius 1 is 1.29 bits per heavy atom. The van der Waals surface area contributed by atoms with Gasteiger partial charge in [0, 0.05) is 5.21 Å². The minimum absolute atomic E-state index is 0.392.